The van der Waals surface area contributed by atoms with E-state index in [4.69, 9.17) is 4.74 Å². The summed E-state index contributed by atoms with van der Waals surface area (Å²) < 4.78 is 5.00. The normalized spacial score (nSPS) is 12.1. The fraction of sp³-hybridized carbons (Fsp3) is 0.545. The Morgan fingerprint density at radius 1 is 1.46 bits per heavy atom. The van der Waals surface area contributed by atoms with Crippen LogP contribution in [0.3, 0.4) is 0 Å². The molecule has 0 aliphatic heterocycles. The molecule has 0 heterocycles. The van der Waals surface area contributed by atoms with Crippen molar-refractivity contribution in [1.29, 1.82) is 0 Å². The van der Waals surface area contributed by atoms with Crippen molar-refractivity contribution in [3.8, 4) is 0 Å². The van der Waals surface area contributed by atoms with Crippen LogP contribution in [0.4, 0.5) is 0 Å². The first-order chi connectivity index (χ1) is 6.22. The molecule has 74 valence electrons. The van der Waals surface area contributed by atoms with Gasteiger partial charge in [0, 0.05) is 5.57 Å². The number of ether oxygens (including phenoxy) is 1. The van der Waals surface area contributed by atoms with Gasteiger partial charge >= 0.3 is 5.97 Å². The Morgan fingerprint density at radius 2 is 2.15 bits per heavy atom. The van der Waals surface area contributed by atoms with Gasteiger partial charge in [-0.05, 0) is 20.3 Å². The molecule has 0 aromatic heterocycles. The number of allylic oxidation sites excluding steroid dienone is 3. The van der Waals surface area contributed by atoms with Crippen molar-refractivity contribution in [2.45, 2.75) is 33.6 Å². The van der Waals surface area contributed by atoms with Gasteiger partial charge in [-0.25, -0.2) is 4.79 Å². The van der Waals surface area contributed by atoms with Crippen molar-refractivity contribution in [3.63, 3.8) is 0 Å². The van der Waals surface area contributed by atoms with Crippen molar-refractivity contribution in [2.24, 2.45) is 0 Å². The molecule has 0 aliphatic rings. The zero-order chi connectivity index (χ0) is 10.1. The Bertz CT molecular complexity index is 202. The van der Waals surface area contributed by atoms with Crippen molar-refractivity contribution < 1.29 is 9.53 Å². The lowest BCUT2D eigenvalue weighted by molar-refractivity contribution is -0.139. The van der Waals surface area contributed by atoms with E-state index in [1.807, 2.05) is 19.1 Å². The summed E-state index contributed by atoms with van der Waals surface area (Å²) in [6.45, 7) is 6.26. The molecule has 0 N–H and O–H groups in total. The molecule has 0 aromatic rings. The fourth-order valence-electron chi connectivity index (χ4n) is 0.732. The van der Waals surface area contributed by atoms with Crippen LogP contribution in [0.5, 0.6) is 0 Å². The standard InChI is InChI=1S/C11H18O2/c1-4-6-8-10(3)11(12)13-9-7-5-2/h4,6,8H,5,7,9H2,1-3H3/b6-4-,10-8+. The molecule has 0 aromatic carbocycles. The maximum Gasteiger partial charge on any atom is 0.333 e. The highest BCUT2D eigenvalue weighted by molar-refractivity contribution is 5.88. The molecule has 0 spiro atoms. The van der Waals surface area contributed by atoms with E-state index in [2.05, 4.69) is 6.92 Å². The van der Waals surface area contributed by atoms with Crippen LogP contribution in [0.15, 0.2) is 23.8 Å². The molecule has 0 unspecified atom stereocenters. The van der Waals surface area contributed by atoms with Crippen molar-refractivity contribution in [3.05, 3.63) is 23.8 Å². The van der Waals surface area contributed by atoms with E-state index in [1.165, 1.54) is 0 Å². The first kappa shape index (κ1) is 11.9. The van der Waals surface area contributed by atoms with Crippen LogP contribution in [-0.4, -0.2) is 12.6 Å². The fourth-order valence-corrected chi connectivity index (χ4v) is 0.732. The van der Waals surface area contributed by atoms with Crippen LogP contribution in [0.1, 0.15) is 33.6 Å². The third-order valence-corrected chi connectivity index (χ3v) is 1.59. The van der Waals surface area contributed by atoms with Gasteiger partial charge in [-0.2, -0.15) is 0 Å². The van der Waals surface area contributed by atoms with Gasteiger partial charge in [0.25, 0.3) is 0 Å². The SMILES string of the molecule is C/C=C\C=C(/C)C(=O)OCCCC. The minimum Gasteiger partial charge on any atom is -0.462 e. The number of carbonyl (C=O) groups is 1. The Balaban J connectivity index is 3.82. The smallest absolute Gasteiger partial charge is 0.333 e. The van der Waals surface area contributed by atoms with Crippen LogP contribution < -0.4 is 0 Å². The summed E-state index contributed by atoms with van der Waals surface area (Å²) in [5.74, 6) is -0.216. The third kappa shape index (κ3) is 6.14. The highest BCUT2D eigenvalue weighted by Crippen LogP contribution is 1.98. The second-order valence-electron chi connectivity index (χ2n) is 2.86. The van der Waals surface area contributed by atoms with E-state index in [-0.39, 0.29) is 5.97 Å². The van der Waals surface area contributed by atoms with Gasteiger partial charge in [0.05, 0.1) is 6.61 Å². The van der Waals surface area contributed by atoms with E-state index in [0.29, 0.717) is 12.2 Å². The summed E-state index contributed by atoms with van der Waals surface area (Å²) in [6.07, 6.45) is 7.45. The van der Waals surface area contributed by atoms with E-state index >= 15 is 0 Å². The number of hydrogen-bond acceptors (Lipinski definition) is 2. The number of hydrogen-bond donors (Lipinski definition) is 0. The average molecular weight is 182 g/mol. The summed E-state index contributed by atoms with van der Waals surface area (Å²) in [7, 11) is 0. The monoisotopic (exact) mass is 182 g/mol. The molecule has 2 heteroatoms. The lowest BCUT2D eigenvalue weighted by atomic mass is 10.3. The Kier molecular flexibility index (Phi) is 6.98. The van der Waals surface area contributed by atoms with Crippen molar-refractivity contribution >= 4 is 5.97 Å². The average Bonchev–Trinajstić information content (AvgIpc) is 2.14. The molecular weight excluding hydrogens is 164 g/mol. The molecule has 0 radical (unpaired) electrons. The second kappa shape index (κ2) is 7.59. The molecule has 13 heavy (non-hydrogen) atoms. The van der Waals surface area contributed by atoms with Gasteiger partial charge in [-0.3, -0.25) is 0 Å². The van der Waals surface area contributed by atoms with Gasteiger partial charge in [-0.15, -0.1) is 0 Å². The van der Waals surface area contributed by atoms with Crippen LogP contribution in [-0.2, 0) is 9.53 Å². The molecule has 0 fully saturated rings. The topological polar surface area (TPSA) is 26.3 Å². The molecular formula is C11H18O2. The van der Waals surface area contributed by atoms with Crippen LogP contribution in [0.25, 0.3) is 0 Å². The van der Waals surface area contributed by atoms with Crippen molar-refractivity contribution in [1.82, 2.24) is 0 Å². The molecule has 0 saturated carbocycles. The van der Waals surface area contributed by atoms with Gasteiger partial charge in [0.1, 0.15) is 0 Å². The van der Waals surface area contributed by atoms with E-state index in [0.717, 1.165) is 12.8 Å². The second-order valence-corrected chi connectivity index (χ2v) is 2.86. The van der Waals surface area contributed by atoms with E-state index in [9.17, 15) is 4.79 Å². The Labute approximate surface area is 80.3 Å². The molecule has 2 nitrogen and oxygen atoms in total. The molecule has 0 aliphatic carbocycles. The molecule has 0 bridgehead atoms. The minimum absolute atomic E-state index is 0.216. The molecule has 0 rings (SSSR count). The Morgan fingerprint density at radius 3 is 2.69 bits per heavy atom. The van der Waals surface area contributed by atoms with Gasteiger partial charge in [0.2, 0.25) is 0 Å². The maximum atomic E-state index is 11.2. The largest absolute Gasteiger partial charge is 0.462 e. The summed E-state index contributed by atoms with van der Waals surface area (Å²) in [5, 5.41) is 0. The predicted octanol–water partition coefficient (Wildman–Crippen LogP) is 2.85. The lowest BCUT2D eigenvalue weighted by Crippen LogP contribution is -2.06. The lowest BCUT2D eigenvalue weighted by Gasteiger charge is -2.02. The predicted molar refractivity (Wildman–Crippen MR) is 54.4 cm³/mol. The van der Waals surface area contributed by atoms with E-state index < -0.39 is 0 Å². The molecule has 0 saturated heterocycles. The summed E-state index contributed by atoms with van der Waals surface area (Å²) >= 11 is 0. The first-order valence-electron chi connectivity index (χ1n) is 4.69. The van der Waals surface area contributed by atoms with Crippen molar-refractivity contribution in [2.75, 3.05) is 6.61 Å². The van der Waals surface area contributed by atoms with Crippen LogP contribution in [0, 0.1) is 0 Å². The minimum atomic E-state index is -0.216. The van der Waals surface area contributed by atoms with Crippen LogP contribution in [0.2, 0.25) is 0 Å². The number of unbranched alkanes of at least 4 members (excludes halogenated alkanes) is 1. The van der Waals surface area contributed by atoms with Gasteiger partial charge < -0.3 is 4.74 Å². The van der Waals surface area contributed by atoms with Crippen LogP contribution >= 0.6 is 0 Å². The highest BCUT2D eigenvalue weighted by atomic mass is 16.5. The summed E-state index contributed by atoms with van der Waals surface area (Å²) in [5.41, 5.74) is 0.647. The van der Waals surface area contributed by atoms with E-state index in [1.54, 1.807) is 13.0 Å². The first-order valence-corrected chi connectivity index (χ1v) is 4.69. The quantitative estimate of drug-likeness (QED) is 0.283. The third-order valence-electron chi connectivity index (χ3n) is 1.59. The summed E-state index contributed by atoms with van der Waals surface area (Å²) in [4.78, 5) is 11.2. The summed E-state index contributed by atoms with van der Waals surface area (Å²) in [6, 6.07) is 0. The Hall–Kier alpha value is -1.05. The zero-order valence-electron chi connectivity index (χ0n) is 8.67. The van der Waals surface area contributed by atoms with Gasteiger partial charge in [-0.1, -0.05) is 31.6 Å². The van der Waals surface area contributed by atoms with Gasteiger partial charge in [0.15, 0.2) is 0 Å². The molecule has 0 atom stereocenters. The number of carbonyl (C=O) groups excluding carboxylic acids is 1. The highest BCUT2D eigenvalue weighted by Gasteiger charge is 2.02. The number of rotatable bonds is 5. The zero-order valence-corrected chi connectivity index (χ0v) is 8.67. The number of esters is 1. The maximum absolute atomic E-state index is 11.2. The molecule has 0 amide bonds.